The number of non-ortho nitro benzene ring substituents is 1. The minimum atomic E-state index is -1.28. The van der Waals surface area contributed by atoms with Crippen molar-refractivity contribution < 1.29 is 24.3 Å². The molecule has 1 fully saturated rings. The second kappa shape index (κ2) is 5.65. The molecule has 1 aliphatic rings. The Bertz CT molecular complexity index is 570. The molecule has 0 aliphatic carbocycles. The summed E-state index contributed by atoms with van der Waals surface area (Å²) in [4.78, 5) is 22.2. The largest absolute Gasteiger partial charge is 0.481 e. The minimum Gasteiger partial charge on any atom is -0.481 e. The Morgan fingerprint density at radius 3 is 2.52 bits per heavy atom. The molecule has 1 aliphatic heterocycles. The van der Waals surface area contributed by atoms with Crippen LogP contribution in [-0.2, 0) is 4.79 Å². The molecule has 0 spiro atoms. The van der Waals surface area contributed by atoms with Crippen LogP contribution in [-0.4, -0.2) is 39.8 Å². The van der Waals surface area contributed by atoms with Gasteiger partial charge in [0.2, 0.25) is 0 Å². The molecule has 2 rings (SSSR count). The number of nitro groups is 1. The highest BCUT2D eigenvalue weighted by Crippen LogP contribution is 2.31. The second-order valence-corrected chi connectivity index (χ2v) is 5.17. The fourth-order valence-electron chi connectivity index (χ4n) is 2.49. The number of rotatable bonds is 4. The lowest BCUT2D eigenvalue weighted by atomic mass is 9.88. The molecular weight excluding hydrogens is 283 g/mol. The van der Waals surface area contributed by atoms with Gasteiger partial charge in [0.05, 0.1) is 28.7 Å². The molecule has 1 aromatic carbocycles. The van der Waals surface area contributed by atoms with Crippen LogP contribution in [0.5, 0.6) is 0 Å². The topological polar surface area (TPSA) is 104 Å². The van der Waals surface area contributed by atoms with Crippen molar-refractivity contribution in [2.75, 3.05) is 18.0 Å². The first-order chi connectivity index (χ1) is 9.81. The van der Waals surface area contributed by atoms with Crippen LogP contribution < -0.4 is 4.90 Å². The van der Waals surface area contributed by atoms with Crippen molar-refractivity contribution in [3.63, 3.8) is 0 Å². The third-order valence-electron chi connectivity index (χ3n) is 3.66. The highest BCUT2D eigenvalue weighted by atomic mass is 19.1. The van der Waals surface area contributed by atoms with Crippen LogP contribution in [0.1, 0.15) is 19.3 Å². The first-order valence-corrected chi connectivity index (χ1v) is 6.44. The van der Waals surface area contributed by atoms with E-state index in [1.165, 1.54) is 12.1 Å². The molecule has 0 amide bonds. The van der Waals surface area contributed by atoms with E-state index in [-0.39, 0.29) is 30.6 Å². The average molecular weight is 298 g/mol. The normalized spacial score (nSPS) is 17.5. The van der Waals surface area contributed by atoms with Crippen LogP contribution in [0.25, 0.3) is 0 Å². The van der Waals surface area contributed by atoms with Crippen molar-refractivity contribution in [2.24, 2.45) is 0 Å². The lowest BCUT2D eigenvalue weighted by Gasteiger charge is -2.38. The third-order valence-corrected chi connectivity index (χ3v) is 3.66. The van der Waals surface area contributed by atoms with E-state index in [1.54, 1.807) is 4.90 Å². The maximum Gasteiger partial charge on any atom is 0.306 e. The summed E-state index contributed by atoms with van der Waals surface area (Å²) in [6, 6.07) is 3.40. The van der Waals surface area contributed by atoms with Gasteiger partial charge in [0.1, 0.15) is 0 Å². The standard InChI is InChI=1S/C13H15FN2O5/c14-10-7-9(16(20)21)1-2-11(10)15-5-3-13(19,4-6-15)8-12(17)18/h1-2,7,19H,3-6,8H2,(H,17,18). The molecule has 0 aromatic heterocycles. The zero-order valence-electron chi connectivity index (χ0n) is 11.2. The summed E-state index contributed by atoms with van der Waals surface area (Å²) in [6.07, 6.45) is 0.0645. The Labute approximate surface area is 119 Å². The smallest absolute Gasteiger partial charge is 0.306 e. The third kappa shape index (κ3) is 3.46. The van der Waals surface area contributed by atoms with Crippen molar-refractivity contribution in [3.8, 4) is 0 Å². The molecule has 1 aromatic rings. The van der Waals surface area contributed by atoms with E-state index < -0.39 is 22.3 Å². The van der Waals surface area contributed by atoms with Crippen LogP contribution in [0.2, 0.25) is 0 Å². The Hall–Kier alpha value is -2.22. The second-order valence-electron chi connectivity index (χ2n) is 5.17. The number of aliphatic carboxylic acids is 1. The summed E-state index contributed by atoms with van der Waals surface area (Å²) in [6.45, 7) is 0.580. The Kier molecular flexibility index (Phi) is 4.08. The summed E-state index contributed by atoms with van der Waals surface area (Å²) in [5.74, 6) is -1.78. The maximum atomic E-state index is 13.9. The number of hydrogen-bond donors (Lipinski definition) is 2. The van der Waals surface area contributed by atoms with Gasteiger partial charge in [-0.15, -0.1) is 0 Å². The van der Waals surface area contributed by atoms with Crippen LogP contribution in [0.15, 0.2) is 18.2 Å². The number of hydrogen-bond acceptors (Lipinski definition) is 5. The number of nitrogens with zero attached hydrogens (tertiary/aromatic N) is 2. The molecule has 114 valence electrons. The number of benzene rings is 1. The van der Waals surface area contributed by atoms with E-state index >= 15 is 0 Å². The quantitative estimate of drug-likeness (QED) is 0.645. The predicted molar refractivity (Wildman–Crippen MR) is 71.7 cm³/mol. The SMILES string of the molecule is O=C(O)CC1(O)CCN(c2ccc([N+](=O)[O-])cc2F)CC1. The van der Waals surface area contributed by atoms with Crippen molar-refractivity contribution in [3.05, 3.63) is 34.1 Å². The fraction of sp³-hybridized carbons (Fsp3) is 0.462. The minimum absolute atomic E-state index is 0.204. The van der Waals surface area contributed by atoms with Crippen molar-refractivity contribution in [1.29, 1.82) is 0 Å². The van der Waals surface area contributed by atoms with Gasteiger partial charge in [-0.25, -0.2) is 4.39 Å². The lowest BCUT2D eigenvalue weighted by molar-refractivity contribution is -0.385. The molecular formula is C13H15FN2O5. The predicted octanol–water partition coefficient (Wildman–Crippen LogP) is 1.54. The van der Waals surface area contributed by atoms with Gasteiger partial charge in [0, 0.05) is 19.2 Å². The van der Waals surface area contributed by atoms with Crippen LogP contribution in [0, 0.1) is 15.9 Å². The molecule has 1 heterocycles. The van der Waals surface area contributed by atoms with Gasteiger partial charge < -0.3 is 15.1 Å². The highest BCUT2D eigenvalue weighted by molar-refractivity contribution is 5.68. The van der Waals surface area contributed by atoms with Crippen LogP contribution in [0.3, 0.4) is 0 Å². The van der Waals surface area contributed by atoms with E-state index in [2.05, 4.69) is 0 Å². The molecule has 21 heavy (non-hydrogen) atoms. The first-order valence-electron chi connectivity index (χ1n) is 6.44. The molecule has 0 bridgehead atoms. The molecule has 1 saturated heterocycles. The van der Waals surface area contributed by atoms with E-state index in [4.69, 9.17) is 5.11 Å². The number of aliphatic hydroxyl groups is 1. The first kappa shape index (κ1) is 15.2. The van der Waals surface area contributed by atoms with Crippen molar-refractivity contribution in [2.45, 2.75) is 24.9 Å². The van der Waals surface area contributed by atoms with E-state index in [0.717, 1.165) is 6.07 Å². The average Bonchev–Trinajstić information content (AvgIpc) is 2.38. The Morgan fingerprint density at radius 1 is 1.43 bits per heavy atom. The molecule has 7 nitrogen and oxygen atoms in total. The molecule has 0 saturated carbocycles. The highest BCUT2D eigenvalue weighted by Gasteiger charge is 2.35. The van der Waals surface area contributed by atoms with Gasteiger partial charge in [-0.1, -0.05) is 0 Å². The Morgan fingerprint density at radius 2 is 2.05 bits per heavy atom. The number of piperidine rings is 1. The van der Waals surface area contributed by atoms with Gasteiger partial charge >= 0.3 is 5.97 Å². The van der Waals surface area contributed by atoms with Gasteiger partial charge in [-0.2, -0.15) is 0 Å². The summed E-state index contributed by atoms with van der Waals surface area (Å²) < 4.78 is 13.9. The maximum absolute atomic E-state index is 13.9. The van der Waals surface area contributed by atoms with Crippen molar-refractivity contribution >= 4 is 17.3 Å². The number of carboxylic acids is 1. The van der Waals surface area contributed by atoms with Gasteiger partial charge in [-0.3, -0.25) is 14.9 Å². The summed E-state index contributed by atoms with van der Waals surface area (Å²) >= 11 is 0. The molecule has 0 atom stereocenters. The number of carbonyl (C=O) groups is 1. The zero-order chi connectivity index (χ0) is 15.6. The van der Waals surface area contributed by atoms with Crippen LogP contribution >= 0.6 is 0 Å². The van der Waals surface area contributed by atoms with Gasteiger partial charge in [-0.05, 0) is 18.9 Å². The number of halogens is 1. The lowest BCUT2D eigenvalue weighted by Crippen LogP contribution is -2.45. The number of carboxylic acid groups (broad SMARTS) is 1. The Balaban J connectivity index is 2.09. The summed E-state index contributed by atoms with van der Waals surface area (Å²) in [5, 5.41) is 29.4. The van der Waals surface area contributed by atoms with Gasteiger partial charge in [0.25, 0.3) is 5.69 Å². The zero-order valence-corrected chi connectivity index (χ0v) is 11.2. The fourth-order valence-corrected chi connectivity index (χ4v) is 2.49. The van der Waals surface area contributed by atoms with Crippen molar-refractivity contribution in [1.82, 2.24) is 0 Å². The summed E-state index contributed by atoms with van der Waals surface area (Å²) in [7, 11) is 0. The van der Waals surface area contributed by atoms with E-state index in [1.807, 2.05) is 0 Å². The molecule has 2 N–H and O–H groups in total. The monoisotopic (exact) mass is 298 g/mol. The van der Waals surface area contributed by atoms with Gasteiger partial charge in [0.15, 0.2) is 5.82 Å². The molecule has 0 radical (unpaired) electrons. The van der Waals surface area contributed by atoms with E-state index in [0.29, 0.717) is 13.1 Å². The van der Waals surface area contributed by atoms with E-state index in [9.17, 15) is 24.4 Å². The summed E-state index contributed by atoms with van der Waals surface area (Å²) in [5.41, 5.74) is -1.38. The molecule has 0 unspecified atom stereocenters. The number of nitro benzene ring substituents is 1. The van der Waals surface area contributed by atoms with Crippen LogP contribution in [0.4, 0.5) is 15.8 Å². The number of anilines is 1. The molecule has 8 heteroatoms.